The molecule has 2 aliphatic rings. The lowest BCUT2D eigenvalue weighted by Gasteiger charge is -2.28. The molecule has 2 atom stereocenters. The van der Waals surface area contributed by atoms with Crippen molar-refractivity contribution in [3.8, 4) is 0 Å². The number of anilines is 1. The summed E-state index contributed by atoms with van der Waals surface area (Å²) in [5.74, 6) is 0.751. The minimum absolute atomic E-state index is 0.208. The summed E-state index contributed by atoms with van der Waals surface area (Å²) in [6, 6.07) is 6.83. The van der Waals surface area contributed by atoms with Crippen molar-refractivity contribution in [2.75, 3.05) is 32.2 Å². The number of fused-ring (bicyclic) bond motifs is 1. The van der Waals surface area contributed by atoms with Crippen molar-refractivity contribution in [1.82, 2.24) is 5.32 Å². The smallest absolute Gasteiger partial charge is 0.227 e. The maximum atomic E-state index is 11.7. The zero-order chi connectivity index (χ0) is 14.1. The van der Waals surface area contributed by atoms with Crippen LogP contribution in [0.2, 0.25) is 0 Å². The Morgan fingerprint density at radius 2 is 2.25 bits per heavy atom. The van der Waals surface area contributed by atoms with Crippen molar-refractivity contribution in [3.05, 3.63) is 29.3 Å². The highest BCUT2D eigenvalue weighted by atomic mass is 16.5. The molecule has 1 amide bonds. The number of nitrogens with one attached hydrogen (secondary N) is 1. The monoisotopic (exact) mass is 274 g/mol. The first kappa shape index (κ1) is 13.6. The molecule has 1 N–H and O–H groups in total. The van der Waals surface area contributed by atoms with Gasteiger partial charge in [0.15, 0.2) is 0 Å². The van der Waals surface area contributed by atoms with Crippen LogP contribution in [0, 0.1) is 5.92 Å². The zero-order valence-corrected chi connectivity index (χ0v) is 12.2. The van der Waals surface area contributed by atoms with Crippen LogP contribution in [0.4, 0.5) is 5.69 Å². The summed E-state index contributed by atoms with van der Waals surface area (Å²) >= 11 is 0. The van der Waals surface area contributed by atoms with E-state index in [9.17, 15) is 4.79 Å². The van der Waals surface area contributed by atoms with Crippen LogP contribution in [0.25, 0.3) is 0 Å². The van der Waals surface area contributed by atoms with E-state index in [4.69, 9.17) is 4.74 Å². The van der Waals surface area contributed by atoms with Crippen LogP contribution in [-0.2, 0) is 16.0 Å². The van der Waals surface area contributed by atoms with E-state index in [2.05, 4.69) is 23.5 Å². The molecule has 2 heterocycles. The molecule has 2 aliphatic heterocycles. The second-order valence-corrected chi connectivity index (χ2v) is 5.73. The number of aryl methyl sites for hydroxylation is 1. The Morgan fingerprint density at radius 1 is 1.40 bits per heavy atom. The molecule has 1 fully saturated rings. The van der Waals surface area contributed by atoms with Gasteiger partial charge < -0.3 is 15.0 Å². The van der Waals surface area contributed by atoms with Crippen LogP contribution < -0.4 is 10.2 Å². The largest absolute Gasteiger partial charge is 0.381 e. The summed E-state index contributed by atoms with van der Waals surface area (Å²) in [5, 5.41) is 3.43. The lowest BCUT2D eigenvalue weighted by molar-refractivity contribution is -0.118. The third kappa shape index (κ3) is 2.34. The van der Waals surface area contributed by atoms with E-state index < -0.39 is 0 Å². The number of nitrogens with zero attached hydrogens (tertiary/aromatic N) is 1. The quantitative estimate of drug-likeness (QED) is 0.915. The Bertz CT molecular complexity index is 509. The third-order valence-corrected chi connectivity index (χ3v) is 4.55. The fourth-order valence-corrected chi connectivity index (χ4v) is 3.36. The van der Waals surface area contributed by atoms with Crippen LogP contribution in [-0.4, -0.2) is 33.2 Å². The average molecular weight is 274 g/mol. The van der Waals surface area contributed by atoms with Crippen LogP contribution >= 0.6 is 0 Å². The van der Waals surface area contributed by atoms with E-state index >= 15 is 0 Å². The standard InChI is InChI=1S/C16H22N2O2/c1-17-16(13-7-8-20-10-13)12-3-5-14-11(9-12)4-6-15(19)18(14)2/h3,5,9,13,16-17H,4,6-8,10H2,1-2H3. The predicted molar refractivity (Wildman–Crippen MR) is 78.9 cm³/mol. The van der Waals surface area contributed by atoms with Gasteiger partial charge in [0, 0.05) is 37.7 Å². The van der Waals surface area contributed by atoms with Crippen LogP contribution in [0.15, 0.2) is 18.2 Å². The normalized spacial score (nSPS) is 23.8. The number of carbonyl (C=O) groups excluding carboxylic acids is 1. The molecule has 108 valence electrons. The van der Waals surface area contributed by atoms with Gasteiger partial charge in [-0.3, -0.25) is 4.79 Å². The van der Waals surface area contributed by atoms with Crippen LogP contribution in [0.3, 0.4) is 0 Å². The molecule has 2 unspecified atom stereocenters. The fraction of sp³-hybridized carbons (Fsp3) is 0.562. The number of hydrogen-bond donors (Lipinski definition) is 1. The topological polar surface area (TPSA) is 41.6 Å². The van der Waals surface area contributed by atoms with Gasteiger partial charge in [0.05, 0.1) is 6.61 Å². The number of rotatable bonds is 3. The zero-order valence-electron chi connectivity index (χ0n) is 12.2. The second kappa shape index (κ2) is 5.54. The van der Waals surface area contributed by atoms with E-state index in [-0.39, 0.29) is 5.91 Å². The SMILES string of the molecule is CNC(c1ccc2c(c1)CCC(=O)N2C)C1CCOC1. The number of ether oxygens (including phenoxy) is 1. The molecule has 4 nitrogen and oxygen atoms in total. The number of carbonyl (C=O) groups is 1. The highest BCUT2D eigenvalue weighted by Crippen LogP contribution is 2.33. The highest BCUT2D eigenvalue weighted by Gasteiger charge is 2.27. The van der Waals surface area contributed by atoms with Gasteiger partial charge in [-0.2, -0.15) is 0 Å². The van der Waals surface area contributed by atoms with Crippen molar-refractivity contribution < 1.29 is 9.53 Å². The lowest BCUT2D eigenvalue weighted by atomic mass is 9.89. The Hall–Kier alpha value is -1.39. The van der Waals surface area contributed by atoms with Crippen molar-refractivity contribution >= 4 is 11.6 Å². The molecule has 0 spiro atoms. The molecule has 20 heavy (non-hydrogen) atoms. The van der Waals surface area contributed by atoms with Gasteiger partial charge in [-0.25, -0.2) is 0 Å². The average Bonchev–Trinajstić information content (AvgIpc) is 2.98. The number of benzene rings is 1. The van der Waals surface area contributed by atoms with Gasteiger partial charge in [-0.15, -0.1) is 0 Å². The first-order chi connectivity index (χ1) is 9.70. The summed E-state index contributed by atoms with van der Waals surface area (Å²) in [6.07, 6.45) is 2.58. The van der Waals surface area contributed by atoms with E-state index in [0.29, 0.717) is 18.4 Å². The Balaban J connectivity index is 1.89. The van der Waals surface area contributed by atoms with Crippen LogP contribution in [0.1, 0.15) is 30.0 Å². The molecule has 0 aliphatic carbocycles. The molecule has 4 heteroatoms. The van der Waals surface area contributed by atoms with Gasteiger partial charge in [0.2, 0.25) is 5.91 Å². The van der Waals surface area contributed by atoms with E-state index in [0.717, 1.165) is 31.7 Å². The number of amides is 1. The Labute approximate surface area is 120 Å². The second-order valence-electron chi connectivity index (χ2n) is 5.73. The minimum Gasteiger partial charge on any atom is -0.381 e. The predicted octanol–water partition coefficient (Wildman–Crippen LogP) is 1.89. The first-order valence-electron chi connectivity index (χ1n) is 7.35. The first-order valence-corrected chi connectivity index (χ1v) is 7.35. The van der Waals surface area contributed by atoms with Crippen molar-refractivity contribution in [1.29, 1.82) is 0 Å². The maximum absolute atomic E-state index is 11.7. The van der Waals surface area contributed by atoms with Gasteiger partial charge in [-0.1, -0.05) is 12.1 Å². The third-order valence-electron chi connectivity index (χ3n) is 4.55. The molecule has 1 aromatic rings. The Morgan fingerprint density at radius 3 is 2.95 bits per heavy atom. The van der Waals surface area contributed by atoms with Crippen LogP contribution in [0.5, 0.6) is 0 Å². The summed E-state index contributed by atoms with van der Waals surface area (Å²) in [7, 11) is 3.87. The molecule has 0 saturated carbocycles. The fourth-order valence-electron chi connectivity index (χ4n) is 3.36. The highest BCUT2D eigenvalue weighted by molar-refractivity contribution is 5.95. The molecule has 1 saturated heterocycles. The summed E-state index contributed by atoms with van der Waals surface area (Å²) in [4.78, 5) is 13.5. The van der Waals surface area contributed by atoms with Gasteiger partial charge in [0.25, 0.3) is 0 Å². The van der Waals surface area contributed by atoms with E-state index in [1.807, 2.05) is 14.1 Å². The summed E-state index contributed by atoms with van der Waals surface area (Å²) in [5.41, 5.74) is 3.65. The van der Waals surface area contributed by atoms with E-state index in [1.54, 1.807) is 4.90 Å². The molecule has 0 bridgehead atoms. The molecular formula is C16H22N2O2. The lowest BCUT2D eigenvalue weighted by Crippen LogP contribution is -2.31. The number of hydrogen-bond acceptors (Lipinski definition) is 3. The van der Waals surface area contributed by atoms with Crippen molar-refractivity contribution in [2.45, 2.75) is 25.3 Å². The van der Waals surface area contributed by atoms with Crippen molar-refractivity contribution in [3.63, 3.8) is 0 Å². The molecule has 3 rings (SSSR count). The van der Waals surface area contributed by atoms with Gasteiger partial charge in [0.1, 0.15) is 0 Å². The molecular weight excluding hydrogens is 252 g/mol. The maximum Gasteiger partial charge on any atom is 0.227 e. The summed E-state index contributed by atoms with van der Waals surface area (Å²) in [6.45, 7) is 1.70. The van der Waals surface area contributed by atoms with Gasteiger partial charge >= 0.3 is 0 Å². The van der Waals surface area contributed by atoms with E-state index in [1.165, 1.54) is 11.1 Å². The van der Waals surface area contributed by atoms with Gasteiger partial charge in [-0.05, 0) is 37.1 Å². The molecule has 1 aromatic carbocycles. The van der Waals surface area contributed by atoms with Crippen molar-refractivity contribution in [2.24, 2.45) is 5.92 Å². The Kier molecular flexibility index (Phi) is 3.76. The molecule has 0 radical (unpaired) electrons. The summed E-state index contributed by atoms with van der Waals surface area (Å²) < 4.78 is 5.51. The molecule has 0 aromatic heterocycles. The minimum atomic E-state index is 0.208.